The van der Waals surface area contributed by atoms with Gasteiger partial charge in [0.05, 0.1) is 11.3 Å². The molecular weight excluding hydrogens is 258 g/mol. The van der Waals surface area contributed by atoms with E-state index in [1.54, 1.807) is 50.5 Å². The van der Waals surface area contributed by atoms with Crippen molar-refractivity contribution in [2.24, 2.45) is 7.05 Å². The quantitative estimate of drug-likeness (QED) is 0.879. The molecule has 2 N–H and O–H groups in total. The molecule has 0 aliphatic rings. The summed E-state index contributed by atoms with van der Waals surface area (Å²) >= 11 is 0. The van der Waals surface area contributed by atoms with Gasteiger partial charge in [0.1, 0.15) is 0 Å². The Morgan fingerprint density at radius 1 is 1.30 bits per heavy atom. The second kappa shape index (κ2) is 5.56. The molecule has 104 valence electrons. The van der Waals surface area contributed by atoms with Gasteiger partial charge in [-0.3, -0.25) is 9.48 Å². The summed E-state index contributed by atoms with van der Waals surface area (Å²) in [5.41, 5.74) is 1.45. The molecule has 0 radical (unpaired) electrons. The molecule has 1 aromatic heterocycles. The molecule has 0 aliphatic heterocycles. The number of carbonyl (C=O) groups excluding carboxylic acids is 1. The highest BCUT2D eigenvalue weighted by Crippen LogP contribution is 2.14. The SMILES string of the molecule is Cc1nn(C)cc1C(=O)N[C@H](C(=O)O)c1ccccc1. The largest absolute Gasteiger partial charge is 0.479 e. The van der Waals surface area contributed by atoms with E-state index in [-0.39, 0.29) is 0 Å². The third-order valence-corrected chi connectivity index (χ3v) is 2.91. The first-order chi connectivity index (χ1) is 9.49. The number of aromatic nitrogens is 2. The van der Waals surface area contributed by atoms with Crippen LogP contribution in [0.1, 0.15) is 27.7 Å². The number of hydrogen-bond acceptors (Lipinski definition) is 3. The molecule has 0 fully saturated rings. The minimum atomic E-state index is -1.11. The van der Waals surface area contributed by atoms with Crippen LogP contribution in [0.5, 0.6) is 0 Å². The average molecular weight is 273 g/mol. The van der Waals surface area contributed by atoms with Gasteiger partial charge in [0.15, 0.2) is 6.04 Å². The van der Waals surface area contributed by atoms with E-state index >= 15 is 0 Å². The van der Waals surface area contributed by atoms with Crippen LogP contribution >= 0.6 is 0 Å². The monoisotopic (exact) mass is 273 g/mol. The van der Waals surface area contributed by atoms with Crippen LogP contribution < -0.4 is 5.32 Å². The van der Waals surface area contributed by atoms with Gasteiger partial charge >= 0.3 is 5.97 Å². The molecule has 0 unspecified atom stereocenters. The van der Waals surface area contributed by atoms with E-state index in [2.05, 4.69) is 10.4 Å². The maximum Gasteiger partial charge on any atom is 0.330 e. The summed E-state index contributed by atoms with van der Waals surface area (Å²) < 4.78 is 1.52. The van der Waals surface area contributed by atoms with Crippen molar-refractivity contribution in [2.75, 3.05) is 0 Å². The lowest BCUT2D eigenvalue weighted by molar-refractivity contribution is -0.139. The van der Waals surface area contributed by atoms with Crippen LogP contribution in [0.2, 0.25) is 0 Å². The summed E-state index contributed by atoms with van der Waals surface area (Å²) in [5.74, 6) is -1.56. The molecule has 0 spiro atoms. The molecule has 2 rings (SSSR count). The maximum absolute atomic E-state index is 12.1. The van der Waals surface area contributed by atoms with Crippen molar-refractivity contribution in [3.05, 3.63) is 53.3 Å². The van der Waals surface area contributed by atoms with Crippen molar-refractivity contribution in [3.63, 3.8) is 0 Å². The average Bonchev–Trinajstić information content (AvgIpc) is 2.75. The summed E-state index contributed by atoms with van der Waals surface area (Å²) in [6, 6.07) is 7.49. The maximum atomic E-state index is 12.1. The summed E-state index contributed by atoms with van der Waals surface area (Å²) in [7, 11) is 1.70. The van der Waals surface area contributed by atoms with Crippen molar-refractivity contribution in [1.29, 1.82) is 0 Å². The number of nitrogens with one attached hydrogen (secondary N) is 1. The fourth-order valence-corrected chi connectivity index (χ4v) is 1.96. The topological polar surface area (TPSA) is 84.2 Å². The normalized spacial score (nSPS) is 11.9. The zero-order chi connectivity index (χ0) is 14.7. The van der Waals surface area contributed by atoms with E-state index in [1.807, 2.05) is 0 Å². The van der Waals surface area contributed by atoms with E-state index in [4.69, 9.17) is 0 Å². The minimum Gasteiger partial charge on any atom is -0.479 e. The Bertz CT molecular complexity index is 634. The van der Waals surface area contributed by atoms with Crippen molar-refractivity contribution in [1.82, 2.24) is 15.1 Å². The molecule has 0 bridgehead atoms. The van der Waals surface area contributed by atoms with Crippen LogP contribution in [0.15, 0.2) is 36.5 Å². The first-order valence-electron chi connectivity index (χ1n) is 6.08. The van der Waals surface area contributed by atoms with Crippen LogP contribution in [0.3, 0.4) is 0 Å². The summed E-state index contributed by atoms with van der Waals surface area (Å²) in [6.45, 7) is 1.70. The third-order valence-electron chi connectivity index (χ3n) is 2.91. The summed E-state index contributed by atoms with van der Waals surface area (Å²) in [5, 5.41) is 15.8. The molecule has 1 atom stereocenters. The van der Waals surface area contributed by atoms with Crippen LogP contribution in [0.25, 0.3) is 0 Å². The van der Waals surface area contributed by atoms with Gasteiger partial charge in [0.25, 0.3) is 5.91 Å². The highest BCUT2D eigenvalue weighted by atomic mass is 16.4. The standard InChI is InChI=1S/C14H15N3O3/c1-9-11(8-17(2)16-9)13(18)15-12(14(19)20)10-6-4-3-5-7-10/h3-8,12H,1-2H3,(H,15,18)(H,19,20)/t12-/m0/s1. The summed E-state index contributed by atoms with van der Waals surface area (Å²) in [4.78, 5) is 23.5. The van der Waals surface area contributed by atoms with Gasteiger partial charge in [-0.1, -0.05) is 30.3 Å². The number of aliphatic carboxylic acids is 1. The van der Waals surface area contributed by atoms with E-state index in [0.717, 1.165) is 0 Å². The van der Waals surface area contributed by atoms with E-state index in [9.17, 15) is 14.7 Å². The van der Waals surface area contributed by atoms with Gasteiger partial charge in [-0.15, -0.1) is 0 Å². The van der Waals surface area contributed by atoms with Crippen molar-refractivity contribution in [3.8, 4) is 0 Å². The lowest BCUT2D eigenvalue weighted by Gasteiger charge is -2.14. The predicted octanol–water partition coefficient (Wildman–Crippen LogP) is 1.28. The van der Waals surface area contributed by atoms with Crippen molar-refractivity contribution in [2.45, 2.75) is 13.0 Å². The zero-order valence-electron chi connectivity index (χ0n) is 11.2. The second-order valence-electron chi connectivity index (χ2n) is 4.46. The van der Waals surface area contributed by atoms with E-state index in [0.29, 0.717) is 16.8 Å². The minimum absolute atomic E-state index is 0.370. The first kappa shape index (κ1) is 13.8. The molecule has 1 aromatic carbocycles. The Balaban J connectivity index is 2.23. The van der Waals surface area contributed by atoms with Crippen LogP contribution in [0.4, 0.5) is 0 Å². The molecule has 0 aliphatic carbocycles. The van der Waals surface area contributed by atoms with Crippen LogP contribution in [0, 0.1) is 6.92 Å². The van der Waals surface area contributed by atoms with Crippen LogP contribution in [-0.2, 0) is 11.8 Å². The third kappa shape index (κ3) is 2.85. The number of hydrogen-bond donors (Lipinski definition) is 2. The number of carbonyl (C=O) groups is 2. The molecular formula is C14H15N3O3. The van der Waals surface area contributed by atoms with Gasteiger partial charge in [0, 0.05) is 13.2 Å². The smallest absolute Gasteiger partial charge is 0.330 e. The van der Waals surface area contributed by atoms with Crippen LogP contribution in [-0.4, -0.2) is 26.8 Å². The molecule has 0 saturated heterocycles. The number of amides is 1. The van der Waals surface area contributed by atoms with Gasteiger partial charge in [-0.2, -0.15) is 5.10 Å². The molecule has 1 amide bonds. The Kier molecular flexibility index (Phi) is 3.84. The van der Waals surface area contributed by atoms with Gasteiger partial charge < -0.3 is 10.4 Å². The Labute approximate surface area is 116 Å². The van der Waals surface area contributed by atoms with Crippen molar-refractivity contribution >= 4 is 11.9 Å². The lowest BCUT2D eigenvalue weighted by atomic mass is 10.1. The van der Waals surface area contributed by atoms with Gasteiger partial charge in [-0.05, 0) is 12.5 Å². The zero-order valence-corrected chi connectivity index (χ0v) is 11.2. The molecule has 20 heavy (non-hydrogen) atoms. The number of nitrogens with zero attached hydrogens (tertiary/aromatic N) is 2. The number of rotatable bonds is 4. The fourth-order valence-electron chi connectivity index (χ4n) is 1.96. The molecule has 0 saturated carbocycles. The molecule has 1 heterocycles. The van der Waals surface area contributed by atoms with Gasteiger partial charge in [0.2, 0.25) is 0 Å². The van der Waals surface area contributed by atoms with Gasteiger partial charge in [-0.25, -0.2) is 4.79 Å². The molecule has 6 heteroatoms. The Hall–Kier alpha value is -2.63. The van der Waals surface area contributed by atoms with Crippen molar-refractivity contribution < 1.29 is 14.7 Å². The fraction of sp³-hybridized carbons (Fsp3) is 0.214. The second-order valence-corrected chi connectivity index (χ2v) is 4.46. The number of benzene rings is 1. The molecule has 6 nitrogen and oxygen atoms in total. The first-order valence-corrected chi connectivity index (χ1v) is 6.08. The Morgan fingerprint density at radius 3 is 2.45 bits per heavy atom. The number of carboxylic acids is 1. The molecule has 2 aromatic rings. The Morgan fingerprint density at radius 2 is 1.95 bits per heavy atom. The number of aryl methyl sites for hydroxylation is 2. The number of carboxylic acid groups (broad SMARTS) is 1. The van der Waals surface area contributed by atoms with E-state index < -0.39 is 17.9 Å². The highest BCUT2D eigenvalue weighted by molar-refractivity contribution is 5.97. The summed E-state index contributed by atoms with van der Waals surface area (Å²) in [6.07, 6.45) is 1.56. The predicted molar refractivity (Wildman–Crippen MR) is 72.2 cm³/mol. The van der Waals surface area contributed by atoms with E-state index in [1.165, 1.54) is 4.68 Å². The highest BCUT2D eigenvalue weighted by Gasteiger charge is 2.23. The lowest BCUT2D eigenvalue weighted by Crippen LogP contribution is -2.33.